The Labute approximate surface area is 110 Å². The number of esters is 1. The third-order valence-electron chi connectivity index (χ3n) is 3.57. The van der Waals surface area contributed by atoms with Crippen LogP contribution in [0, 0.1) is 5.92 Å². The lowest BCUT2D eigenvalue weighted by molar-refractivity contribution is -0.144. The standard InChI is InChI=1S/C14H25NO3/c1-3-18-14(17)9-10-15(2)13(16)11-12-7-5-4-6-8-12/h12H,3-11H2,1-2H3. The topological polar surface area (TPSA) is 46.6 Å². The molecule has 1 rings (SSSR count). The number of carbonyl (C=O) groups excluding carboxylic acids is 2. The van der Waals surface area contributed by atoms with Crippen LogP contribution in [0.3, 0.4) is 0 Å². The summed E-state index contributed by atoms with van der Waals surface area (Å²) in [5.74, 6) is 0.484. The Morgan fingerprint density at radius 1 is 1.22 bits per heavy atom. The summed E-state index contributed by atoms with van der Waals surface area (Å²) >= 11 is 0. The van der Waals surface area contributed by atoms with E-state index in [-0.39, 0.29) is 11.9 Å². The van der Waals surface area contributed by atoms with Gasteiger partial charge in [0.25, 0.3) is 0 Å². The van der Waals surface area contributed by atoms with Crippen molar-refractivity contribution in [3.8, 4) is 0 Å². The van der Waals surface area contributed by atoms with Gasteiger partial charge in [-0.15, -0.1) is 0 Å². The maximum atomic E-state index is 12.0. The van der Waals surface area contributed by atoms with Crippen molar-refractivity contribution in [2.24, 2.45) is 5.92 Å². The van der Waals surface area contributed by atoms with Gasteiger partial charge in [-0.05, 0) is 25.7 Å². The molecular weight excluding hydrogens is 230 g/mol. The molecule has 0 bridgehead atoms. The van der Waals surface area contributed by atoms with Gasteiger partial charge in [0, 0.05) is 20.0 Å². The molecule has 1 saturated carbocycles. The summed E-state index contributed by atoms with van der Waals surface area (Å²) in [6.07, 6.45) is 7.10. The second-order valence-corrected chi connectivity index (χ2v) is 5.08. The van der Waals surface area contributed by atoms with Crippen molar-refractivity contribution < 1.29 is 14.3 Å². The maximum Gasteiger partial charge on any atom is 0.307 e. The first-order valence-electron chi connectivity index (χ1n) is 7.03. The predicted molar refractivity (Wildman–Crippen MR) is 70.1 cm³/mol. The molecule has 1 amide bonds. The van der Waals surface area contributed by atoms with Crippen LogP contribution >= 0.6 is 0 Å². The van der Waals surface area contributed by atoms with Crippen LogP contribution < -0.4 is 0 Å². The van der Waals surface area contributed by atoms with Crippen LogP contribution in [0.1, 0.15) is 51.9 Å². The van der Waals surface area contributed by atoms with Gasteiger partial charge in [-0.2, -0.15) is 0 Å². The lowest BCUT2D eigenvalue weighted by Crippen LogP contribution is -2.31. The van der Waals surface area contributed by atoms with Gasteiger partial charge in [-0.25, -0.2) is 0 Å². The Bertz CT molecular complexity index is 272. The summed E-state index contributed by atoms with van der Waals surface area (Å²) in [6.45, 7) is 2.65. The van der Waals surface area contributed by atoms with Crippen LogP contribution in [0.4, 0.5) is 0 Å². The van der Waals surface area contributed by atoms with Gasteiger partial charge in [0.05, 0.1) is 13.0 Å². The molecule has 1 aliphatic carbocycles. The molecular formula is C14H25NO3. The van der Waals surface area contributed by atoms with Crippen molar-refractivity contribution in [1.29, 1.82) is 0 Å². The fourth-order valence-electron chi connectivity index (χ4n) is 2.41. The zero-order chi connectivity index (χ0) is 13.4. The molecule has 0 aromatic heterocycles. The average Bonchev–Trinajstić information content (AvgIpc) is 2.37. The first-order chi connectivity index (χ1) is 8.63. The third-order valence-corrected chi connectivity index (χ3v) is 3.57. The summed E-state index contributed by atoms with van der Waals surface area (Å²) < 4.78 is 4.85. The van der Waals surface area contributed by atoms with Gasteiger partial charge in [0.15, 0.2) is 0 Å². The number of carbonyl (C=O) groups is 2. The fourth-order valence-corrected chi connectivity index (χ4v) is 2.41. The van der Waals surface area contributed by atoms with Gasteiger partial charge >= 0.3 is 5.97 Å². The van der Waals surface area contributed by atoms with Crippen LogP contribution in [0.2, 0.25) is 0 Å². The molecule has 4 nitrogen and oxygen atoms in total. The molecule has 18 heavy (non-hydrogen) atoms. The molecule has 1 aliphatic rings. The summed E-state index contributed by atoms with van der Waals surface area (Å²) in [4.78, 5) is 24.8. The molecule has 0 spiro atoms. The molecule has 0 saturated heterocycles. The SMILES string of the molecule is CCOC(=O)CCN(C)C(=O)CC1CCCCC1. The van der Waals surface area contributed by atoms with E-state index in [1.54, 1.807) is 18.9 Å². The Kier molecular flexibility index (Phi) is 6.76. The Morgan fingerprint density at radius 2 is 1.89 bits per heavy atom. The van der Waals surface area contributed by atoms with Gasteiger partial charge in [-0.3, -0.25) is 9.59 Å². The third kappa shape index (κ3) is 5.52. The average molecular weight is 255 g/mol. The van der Waals surface area contributed by atoms with Crippen LogP contribution in [0.5, 0.6) is 0 Å². The van der Waals surface area contributed by atoms with Gasteiger partial charge < -0.3 is 9.64 Å². The molecule has 0 N–H and O–H groups in total. The number of rotatable bonds is 6. The summed E-state index contributed by atoms with van der Waals surface area (Å²) in [5.41, 5.74) is 0. The normalized spacial score (nSPS) is 16.3. The first-order valence-corrected chi connectivity index (χ1v) is 7.03. The fraction of sp³-hybridized carbons (Fsp3) is 0.857. The predicted octanol–water partition coefficient (Wildman–Crippen LogP) is 2.37. The number of hydrogen-bond acceptors (Lipinski definition) is 3. The van der Waals surface area contributed by atoms with Crippen molar-refractivity contribution >= 4 is 11.9 Å². The van der Waals surface area contributed by atoms with E-state index < -0.39 is 0 Å². The van der Waals surface area contributed by atoms with E-state index in [9.17, 15) is 9.59 Å². The summed E-state index contributed by atoms with van der Waals surface area (Å²) in [5, 5.41) is 0. The molecule has 0 aliphatic heterocycles. The lowest BCUT2D eigenvalue weighted by Gasteiger charge is -2.24. The molecule has 4 heteroatoms. The highest BCUT2D eigenvalue weighted by Gasteiger charge is 2.19. The zero-order valence-electron chi connectivity index (χ0n) is 11.6. The van der Waals surface area contributed by atoms with Crippen LogP contribution in [0.15, 0.2) is 0 Å². The van der Waals surface area contributed by atoms with Crippen molar-refractivity contribution in [2.75, 3.05) is 20.2 Å². The highest BCUT2D eigenvalue weighted by atomic mass is 16.5. The van der Waals surface area contributed by atoms with Crippen LogP contribution in [-0.4, -0.2) is 37.0 Å². The van der Waals surface area contributed by atoms with E-state index in [1.807, 2.05) is 0 Å². The molecule has 0 unspecified atom stereocenters. The van der Waals surface area contributed by atoms with Crippen molar-refractivity contribution in [3.05, 3.63) is 0 Å². The zero-order valence-corrected chi connectivity index (χ0v) is 11.6. The van der Waals surface area contributed by atoms with Crippen molar-refractivity contribution in [3.63, 3.8) is 0 Å². The number of ether oxygens (including phenoxy) is 1. The summed E-state index contributed by atoms with van der Waals surface area (Å²) in [7, 11) is 1.77. The number of amides is 1. The monoisotopic (exact) mass is 255 g/mol. The van der Waals surface area contributed by atoms with Gasteiger partial charge in [-0.1, -0.05) is 19.3 Å². The van der Waals surface area contributed by atoms with Crippen LogP contribution in [0.25, 0.3) is 0 Å². The molecule has 1 fully saturated rings. The minimum Gasteiger partial charge on any atom is -0.466 e. The van der Waals surface area contributed by atoms with Crippen LogP contribution in [-0.2, 0) is 14.3 Å². The second-order valence-electron chi connectivity index (χ2n) is 5.08. The number of nitrogens with zero attached hydrogens (tertiary/aromatic N) is 1. The second kappa shape index (κ2) is 8.11. The van der Waals surface area contributed by atoms with E-state index >= 15 is 0 Å². The molecule has 0 radical (unpaired) electrons. The molecule has 0 aromatic carbocycles. The number of hydrogen-bond donors (Lipinski definition) is 0. The van der Waals surface area contributed by atoms with E-state index in [0.717, 1.165) is 0 Å². The lowest BCUT2D eigenvalue weighted by atomic mass is 9.87. The quantitative estimate of drug-likeness (QED) is 0.685. The minimum absolute atomic E-state index is 0.159. The highest BCUT2D eigenvalue weighted by Crippen LogP contribution is 2.26. The smallest absolute Gasteiger partial charge is 0.307 e. The molecule has 0 aromatic rings. The summed E-state index contributed by atoms with van der Waals surface area (Å²) in [6, 6.07) is 0. The van der Waals surface area contributed by atoms with Gasteiger partial charge in [0.1, 0.15) is 0 Å². The van der Waals surface area contributed by atoms with E-state index in [4.69, 9.17) is 4.74 Å². The van der Waals surface area contributed by atoms with Crippen molar-refractivity contribution in [2.45, 2.75) is 51.9 Å². The Hall–Kier alpha value is -1.06. The molecule has 104 valence electrons. The van der Waals surface area contributed by atoms with Crippen molar-refractivity contribution in [1.82, 2.24) is 4.90 Å². The Morgan fingerprint density at radius 3 is 2.50 bits per heavy atom. The molecule has 0 heterocycles. The first kappa shape index (κ1) is 15.0. The van der Waals surface area contributed by atoms with E-state index in [1.165, 1.54) is 32.1 Å². The van der Waals surface area contributed by atoms with E-state index in [0.29, 0.717) is 31.9 Å². The Balaban J connectivity index is 2.21. The highest BCUT2D eigenvalue weighted by molar-refractivity contribution is 5.77. The van der Waals surface area contributed by atoms with E-state index in [2.05, 4.69) is 0 Å². The molecule has 0 atom stereocenters. The van der Waals surface area contributed by atoms with Gasteiger partial charge in [0.2, 0.25) is 5.91 Å². The largest absolute Gasteiger partial charge is 0.466 e. The minimum atomic E-state index is -0.227. The maximum absolute atomic E-state index is 12.0.